The highest BCUT2D eigenvalue weighted by atomic mass is 79.9. The van der Waals surface area contributed by atoms with Gasteiger partial charge in [-0.1, -0.05) is 29.8 Å². The maximum absolute atomic E-state index is 12.5. The molecule has 0 spiro atoms. The van der Waals surface area contributed by atoms with E-state index < -0.39 is 10.0 Å². The number of nitrogens with zero attached hydrogens (tertiary/aromatic N) is 1. The number of hydrogen-bond acceptors (Lipinski definition) is 2. The lowest BCUT2D eigenvalue weighted by atomic mass is 10.0. The molecule has 0 N–H and O–H groups in total. The van der Waals surface area contributed by atoms with E-state index in [4.69, 9.17) is 0 Å². The molecule has 0 radical (unpaired) electrons. The van der Waals surface area contributed by atoms with Crippen LogP contribution in [0.25, 0.3) is 0 Å². The van der Waals surface area contributed by atoms with Crippen LogP contribution in [0.15, 0.2) is 27.6 Å². The van der Waals surface area contributed by atoms with E-state index in [9.17, 15) is 8.42 Å². The van der Waals surface area contributed by atoms with Gasteiger partial charge in [0.15, 0.2) is 0 Å². The maximum atomic E-state index is 12.5. The van der Waals surface area contributed by atoms with Crippen molar-refractivity contribution in [2.45, 2.75) is 25.7 Å². The van der Waals surface area contributed by atoms with Crippen molar-refractivity contribution < 1.29 is 8.42 Å². The Kier molecular flexibility index (Phi) is 3.85. The Bertz CT molecular complexity index is 546. The predicted molar refractivity (Wildman–Crippen MR) is 76.0 cm³/mol. The van der Waals surface area contributed by atoms with Gasteiger partial charge in [0.25, 0.3) is 0 Å². The van der Waals surface area contributed by atoms with E-state index in [-0.39, 0.29) is 0 Å². The van der Waals surface area contributed by atoms with Crippen molar-refractivity contribution in [3.8, 4) is 0 Å². The van der Waals surface area contributed by atoms with Crippen LogP contribution in [0.5, 0.6) is 0 Å². The third-order valence-corrected chi connectivity index (χ3v) is 6.44. The molecule has 100 valence electrons. The van der Waals surface area contributed by atoms with Crippen molar-refractivity contribution in [1.82, 2.24) is 4.31 Å². The zero-order valence-corrected chi connectivity index (χ0v) is 13.3. The van der Waals surface area contributed by atoms with Crippen LogP contribution in [0.2, 0.25) is 0 Å². The number of sulfonamides is 1. The predicted octanol–water partition coefficient (Wildman–Crippen LogP) is 3.03. The Morgan fingerprint density at radius 2 is 1.78 bits per heavy atom. The molecule has 0 bridgehead atoms. The Hall–Kier alpha value is -0.390. The summed E-state index contributed by atoms with van der Waals surface area (Å²) in [6, 6.07) is 5.19. The zero-order valence-electron chi connectivity index (χ0n) is 10.9. The number of hydrogen-bond donors (Lipinski definition) is 0. The third kappa shape index (κ3) is 2.49. The van der Waals surface area contributed by atoms with E-state index >= 15 is 0 Å². The molecular formula is C13H18BrNO2S. The minimum Gasteiger partial charge on any atom is -0.207 e. The Balaban J connectivity index is 2.34. The number of aryl methyl sites for hydroxylation is 1. The molecule has 1 aromatic carbocycles. The van der Waals surface area contributed by atoms with Gasteiger partial charge in [-0.25, -0.2) is 8.42 Å². The molecule has 1 aromatic rings. The fourth-order valence-electron chi connectivity index (χ4n) is 2.20. The Labute approximate surface area is 117 Å². The Morgan fingerprint density at radius 1 is 1.22 bits per heavy atom. The minimum absolute atomic E-state index is 0.393. The normalized spacial score (nSPS) is 25.6. The second-order valence-corrected chi connectivity index (χ2v) is 7.98. The molecule has 1 aliphatic rings. The van der Waals surface area contributed by atoms with Gasteiger partial charge < -0.3 is 0 Å². The number of halogens is 1. The monoisotopic (exact) mass is 331 g/mol. The molecule has 18 heavy (non-hydrogen) atoms. The first kappa shape index (κ1) is 14.0. The molecule has 1 fully saturated rings. The van der Waals surface area contributed by atoms with Gasteiger partial charge in [-0.3, -0.25) is 0 Å². The van der Waals surface area contributed by atoms with Crippen LogP contribution in [-0.4, -0.2) is 25.8 Å². The van der Waals surface area contributed by atoms with E-state index in [2.05, 4.69) is 29.8 Å². The van der Waals surface area contributed by atoms with Crippen LogP contribution < -0.4 is 0 Å². The van der Waals surface area contributed by atoms with Gasteiger partial charge in [-0.05, 0) is 42.5 Å². The molecule has 0 saturated carbocycles. The van der Waals surface area contributed by atoms with Crippen molar-refractivity contribution in [2.75, 3.05) is 13.1 Å². The molecule has 1 aliphatic heterocycles. The molecule has 2 atom stereocenters. The zero-order chi connectivity index (χ0) is 13.5. The molecule has 0 amide bonds. The largest absolute Gasteiger partial charge is 0.243 e. The van der Waals surface area contributed by atoms with Crippen molar-refractivity contribution in [1.29, 1.82) is 0 Å². The van der Waals surface area contributed by atoms with Crippen molar-refractivity contribution in [2.24, 2.45) is 11.8 Å². The molecule has 2 unspecified atom stereocenters. The van der Waals surface area contributed by atoms with E-state index in [1.165, 1.54) is 0 Å². The van der Waals surface area contributed by atoms with Gasteiger partial charge in [0.1, 0.15) is 0 Å². The summed E-state index contributed by atoms with van der Waals surface area (Å²) in [6.07, 6.45) is 0. The second kappa shape index (κ2) is 4.94. The van der Waals surface area contributed by atoms with E-state index in [0.29, 0.717) is 29.8 Å². The summed E-state index contributed by atoms with van der Waals surface area (Å²) in [5.74, 6) is 0.854. The summed E-state index contributed by atoms with van der Waals surface area (Å²) in [5, 5.41) is 0. The first-order chi connectivity index (χ1) is 8.32. The highest BCUT2D eigenvalue weighted by Gasteiger charge is 2.34. The average molecular weight is 332 g/mol. The van der Waals surface area contributed by atoms with E-state index in [1.807, 2.05) is 6.92 Å². The molecule has 0 aliphatic carbocycles. The first-order valence-electron chi connectivity index (χ1n) is 6.08. The summed E-state index contributed by atoms with van der Waals surface area (Å²) >= 11 is 3.39. The number of benzene rings is 1. The molecule has 1 heterocycles. The van der Waals surface area contributed by atoms with Gasteiger partial charge in [0.05, 0.1) is 4.90 Å². The quantitative estimate of drug-likeness (QED) is 0.835. The van der Waals surface area contributed by atoms with Gasteiger partial charge in [0, 0.05) is 17.6 Å². The molecule has 2 rings (SSSR count). The summed E-state index contributed by atoms with van der Waals surface area (Å²) < 4.78 is 27.5. The van der Waals surface area contributed by atoms with Crippen LogP contribution in [0.4, 0.5) is 0 Å². The van der Waals surface area contributed by atoms with Gasteiger partial charge >= 0.3 is 0 Å². The average Bonchev–Trinajstić information content (AvgIpc) is 2.64. The number of rotatable bonds is 2. The summed E-state index contributed by atoms with van der Waals surface area (Å²) in [4.78, 5) is 0.393. The van der Waals surface area contributed by atoms with Crippen LogP contribution in [0.3, 0.4) is 0 Å². The highest BCUT2D eigenvalue weighted by molar-refractivity contribution is 9.10. The second-order valence-electron chi connectivity index (χ2n) is 5.19. The van der Waals surface area contributed by atoms with Gasteiger partial charge in [-0.15, -0.1) is 0 Å². The summed E-state index contributed by atoms with van der Waals surface area (Å²) in [5.41, 5.74) is 0.941. The van der Waals surface area contributed by atoms with Crippen LogP contribution in [0, 0.1) is 18.8 Å². The lowest BCUT2D eigenvalue weighted by Gasteiger charge is -2.16. The van der Waals surface area contributed by atoms with E-state index in [1.54, 1.807) is 22.5 Å². The van der Waals surface area contributed by atoms with Crippen LogP contribution >= 0.6 is 15.9 Å². The van der Waals surface area contributed by atoms with Crippen molar-refractivity contribution in [3.05, 3.63) is 28.2 Å². The lowest BCUT2D eigenvalue weighted by molar-refractivity contribution is 0.463. The van der Waals surface area contributed by atoms with Crippen LogP contribution in [-0.2, 0) is 10.0 Å². The third-order valence-electron chi connectivity index (χ3n) is 3.72. The first-order valence-corrected chi connectivity index (χ1v) is 8.32. The topological polar surface area (TPSA) is 37.4 Å². The molecule has 0 aromatic heterocycles. The van der Waals surface area contributed by atoms with Crippen molar-refractivity contribution in [3.63, 3.8) is 0 Å². The lowest BCUT2D eigenvalue weighted by Crippen LogP contribution is -2.29. The summed E-state index contributed by atoms with van der Waals surface area (Å²) in [6.45, 7) is 7.36. The Morgan fingerprint density at radius 3 is 2.28 bits per heavy atom. The molecule has 1 saturated heterocycles. The van der Waals surface area contributed by atoms with Gasteiger partial charge in [-0.2, -0.15) is 4.31 Å². The molecule has 3 nitrogen and oxygen atoms in total. The van der Waals surface area contributed by atoms with Gasteiger partial charge in [0.2, 0.25) is 10.0 Å². The van der Waals surface area contributed by atoms with Crippen molar-refractivity contribution >= 4 is 26.0 Å². The minimum atomic E-state index is -3.33. The fourth-order valence-corrected chi connectivity index (χ4v) is 4.17. The summed E-state index contributed by atoms with van der Waals surface area (Å²) in [7, 11) is -3.33. The standard InChI is InChI=1S/C13H18BrNO2S/c1-9-6-12(4-5-13(9)14)18(16,17)15-7-10(2)11(3)8-15/h4-6,10-11H,7-8H2,1-3H3. The van der Waals surface area contributed by atoms with Crippen LogP contribution in [0.1, 0.15) is 19.4 Å². The fraction of sp³-hybridized carbons (Fsp3) is 0.538. The molecule has 5 heteroatoms. The SMILES string of the molecule is Cc1cc(S(=O)(=O)N2CC(C)C(C)C2)ccc1Br. The smallest absolute Gasteiger partial charge is 0.207 e. The molecular weight excluding hydrogens is 314 g/mol. The highest BCUT2D eigenvalue weighted by Crippen LogP contribution is 2.29. The van der Waals surface area contributed by atoms with E-state index in [0.717, 1.165) is 10.0 Å². The maximum Gasteiger partial charge on any atom is 0.243 e.